The van der Waals surface area contributed by atoms with Gasteiger partial charge in [0.15, 0.2) is 10.9 Å². The average Bonchev–Trinajstić information content (AvgIpc) is 2.59. The minimum absolute atomic E-state index is 0.0486. The Hall–Kier alpha value is -2.54. The van der Waals surface area contributed by atoms with Gasteiger partial charge in [-0.25, -0.2) is 4.98 Å². The number of aromatic nitrogens is 2. The molecule has 0 bridgehead atoms. The van der Waals surface area contributed by atoms with Crippen LogP contribution in [0.5, 0.6) is 5.75 Å². The standard InChI is InChI=1S/C22H25N3O3S/c1-11(2)29-21-24-19-18(20(28)25-21)16(12-5-7-13(26)8-6-12)17-14(23-19)9-22(3,4)10-15(17)27/h5-8,11,16,26H,9-10H2,1-4H3,(H2,23,24,25,28). The number of benzene rings is 1. The number of Topliss-reactive ketones (excluding diaryl/α,β-unsaturated/α-hetero) is 1. The highest BCUT2D eigenvalue weighted by Crippen LogP contribution is 2.47. The Bertz CT molecular complexity index is 1070. The van der Waals surface area contributed by atoms with Gasteiger partial charge in [0.25, 0.3) is 5.56 Å². The quantitative estimate of drug-likeness (QED) is 0.518. The molecule has 1 aromatic carbocycles. The van der Waals surface area contributed by atoms with E-state index in [1.54, 1.807) is 24.3 Å². The summed E-state index contributed by atoms with van der Waals surface area (Å²) in [6, 6.07) is 6.70. The molecular formula is C22H25N3O3S. The lowest BCUT2D eigenvalue weighted by atomic mass is 9.69. The largest absolute Gasteiger partial charge is 0.508 e. The number of hydrogen-bond donors (Lipinski definition) is 3. The normalized spacial score (nSPS) is 20.3. The lowest BCUT2D eigenvalue weighted by Crippen LogP contribution is -2.37. The lowest BCUT2D eigenvalue weighted by molar-refractivity contribution is -0.118. The van der Waals surface area contributed by atoms with Gasteiger partial charge in [0, 0.05) is 28.9 Å². The van der Waals surface area contributed by atoms with Crippen LogP contribution >= 0.6 is 11.8 Å². The van der Waals surface area contributed by atoms with Gasteiger partial charge in [-0.1, -0.05) is 51.6 Å². The summed E-state index contributed by atoms with van der Waals surface area (Å²) in [4.78, 5) is 33.8. The number of H-pyrrole nitrogens is 1. The van der Waals surface area contributed by atoms with Crippen molar-refractivity contribution < 1.29 is 9.90 Å². The predicted molar refractivity (Wildman–Crippen MR) is 114 cm³/mol. The molecule has 0 saturated carbocycles. The van der Waals surface area contributed by atoms with E-state index in [1.165, 1.54) is 11.8 Å². The van der Waals surface area contributed by atoms with Gasteiger partial charge in [0.1, 0.15) is 11.6 Å². The van der Waals surface area contributed by atoms with Crippen LogP contribution in [-0.4, -0.2) is 26.1 Å². The summed E-state index contributed by atoms with van der Waals surface area (Å²) in [5.41, 5.74) is 2.33. The number of ketones is 1. The van der Waals surface area contributed by atoms with Crippen molar-refractivity contribution in [2.24, 2.45) is 5.41 Å². The zero-order valence-corrected chi connectivity index (χ0v) is 17.8. The van der Waals surface area contributed by atoms with Gasteiger partial charge < -0.3 is 15.4 Å². The van der Waals surface area contributed by atoms with E-state index in [2.05, 4.69) is 29.1 Å². The van der Waals surface area contributed by atoms with Crippen LogP contribution in [0, 0.1) is 5.41 Å². The van der Waals surface area contributed by atoms with Gasteiger partial charge in [0.2, 0.25) is 0 Å². The van der Waals surface area contributed by atoms with Gasteiger partial charge in [-0.2, -0.15) is 0 Å². The third kappa shape index (κ3) is 3.71. The number of phenolic OH excluding ortho intramolecular Hbond substituents is 1. The maximum absolute atomic E-state index is 13.1. The first-order chi connectivity index (χ1) is 13.6. The van der Waals surface area contributed by atoms with Crippen molar-refractivity contribution in [3.63, 3.8) is 0 Å². The van der Waals surface area contributed by atoms with Crippen molar-refractivity contribution in [2.45, 2.75) is 56.9 Å². The highest BCUT2D eigenvalue weighted by molar-refractivity contribution is 7.99. The summed E-state index contributed by atoms with van der Waals surface area (Å²) in [6.45, 7) is 8.24. The second-order valence-electron chi connectivity index (χ2n) is 8.78. The molecule has 29 heavy (non-hydrogen) atoms. The molecule has 1 aliphatic heterocycles. The van der Waals surface area contributed by atoms with Crippen LogP contribution in [0.2, 0.25) is 0 Å². The Balaban J connectivity index is 1.93. The molecule has 0 amide bonds. The van der Waals surface area contributed by atoms with E-state index >= 15 is 0 Å². The lowest BCUT2D eigenvalue weighted by Gasteiger charge is -2.38. The smallest absolute Gasteiger partial charge is 0.257 e. The molecule has 1 aromatic heterocycles. The number of nitrogens with zero attached hydrogens (tertiary/aromatic N) is 1. The number of phenols is 1. The molecule has 3 N–H and O–H groups in total. The minimum atomic E-state index is -0.500. The fourth-order valence-electron chi connectivity index (χ4n) is 4.17. The summed E-state index contributed by atoms with van der Waals surface area (Å²) in [6.07, 6.45) is 1.15. The van der Waals surface area contributed by atoms with Crippen LogP contribution in [0.1, 0.15) is 57.6 Å². The van der Waals surface area contributed by atoms with Crippen molar-refractivity contribution in [3.05, 3.63) is 57.0 Å². The summed E-state index contributed by atoms with van der Waals surface area (Å²) < 4.78 is 0. The van der Waals surface area contributed by atoms with E-state index in [4.69, 9.17) is 0 Å². The van der Waals surface area contributed by atoms with Gasteiger partial charge in [-0.3, -0.25) is 9.59 Å². The summed E-state index contributed by atoms with van der Waals surface area (Å²) >= 11 is 1.49. The van der Waals surface area contributed by atoms with E-state index in [0.717, 1.165) is 11.3 Å². The van der Waals surface area contributed by atoms with Gasteiger partial charge >= 0.3 is 0 Å². The molecule has 0 saturated heterocycles. The zero-order valence-electron chi connectivity index (χ0n) is 17.0. The third-order valence-corrected chi connectivity index (χ3v) is 6.16. The molecule has 0 spiro atoms. The maximum atomic E-state index is 13.1. The second kappa shape index (κ2) is 7.06. The van der Waals surface area contributed by atoms with E-state index in [0.29, 0.717) is 35.0 Å². The molecule has 2 aromatic rings. The second-order valence-corrected chi connectivity index (χ2v) is 10.3. The number of thioether (sulfide) groups is 1. The van der Waals surface area contributed by atoms with E-state index < -0.39 is 5.92 Å². The van der Waals surface area contributed by atoms with E-state index in [1.807, 2.05) is 13.8 Å². The molecule has 1 unspecified atom stereocenters. The number of rotatable bonds is 3. The van der Waals surface area contributed by atoms with Crippen LogP contribution in [0.25, 0.3) is 0 Å². The molecule has 1 aliphatic carbocycles. The Kier molecular flexibility index (Phi) is 4.81. The first kappa shape index (κ1) is 19.8. The molecule has 7 heteroatoms. The first-order valence-electron chi connectivity index (χ1n) is 9.78. The first-order valence-corrected chi connectivity index (χ1v) is 10.7. The number of nitrogens with one attached hydrogen (secondary N) is 2. The van der Waals surface area contributed by atoms with Crippen molar-refractivity contribution in [1.29, 1.82) is 0 Å². The van der Waals surface area contributed by atoms with Crippen LogP contribution < -0.4 is 10.9 Å². The number of aromatic hydroxyl groups is 1. The number of carbonyl (C=O) groups is 1. The zero-order chi connectivity index (χ0) is 20.9. The summed E-state index contributed by atoms with van der Waals surface area (Å²) in [5.74, 6) is 0.204. The molecule has 2 aliphatic rings. The van der Waals surface area contributed by atoms with Crippen molar-refractivity contribution in [2.75, 3.05) is 5.32 Å². The highest BCUT2D eigenvalue weighted by Gasteiger charge is 2.42. The van der Waals surface area contributed by atoms with Crippen molar-refractivity contribution >= 4 is 23.4 Å². The van der Waals surface area contributed by atoms with E-state index in [9.17, 15) is 14.7 Å². The number of carbonyl (C=O) groups excluding carboxylic acids is 1. The topological polar surface area (TPSA) is 95.1 Å². The Morgan fingerprint density at radius 2 is 1.86 bits per heavy atom. The number of hydrogen-bond acceptors (Lipinski definition) is 6. The fraction of sp³-hybridized carbons (Fsp3) is 0.409. The number of anilines is 1. The molecule has 6 nitrogen and oxygen atoms in total. The number of fused-ring (bicyclic) bond motifs is 1. The van der Waals surface area contributed by atoms with Gasteiger partial charge in [-0.15, -0.1) is 0 Å². The summed E-state index contributed by atoms with van der Waals surface area (Å²) in [5, 5.41) is 13.9. The summed E-state index contributed by atoms with van der Waals surface area (Å²) in [7, 11) is 0. The predicted octanol–water partition coefficient (Wildman–Crippen LogP) is 4.18. The monoisotopic (exact) mass is 411 g/mol. The van der Waals surface area contributed by atoms with Crippen LogP contribution in [-0.2, 0) is 4.79 Å². The van der Waals surface area contributed by atoms with Gasteiger partial charge in [-0.05, 0) is 29.5 Å². The Morgan fingerprint density at radius 1 is 1.17 bits per heavy atom. The third-order valence-electron chi connectivity index (χ3n) is 5.27. The van der Waals surface area contributed by atoms with Crippen molar-refractivity contribution in [1.82, 2.24) is 9.97 Å². The number of allylic oxidation sites excluding steroid dienone is 2. The van der Waals surface area contributed by atoms with Gasteiger partial charge in [0.05, 0.1) is 5.56 Å². The molecule has 1 atom stereocenters. The van der Waals surface area contributed by atoms with Crippen LogP contribution in [0.15, 0.2) is 45.5 Å². The molecule has 0 fully saturated rings. The van der Waals surface area contributed by atoms with E-state index in [-0.39, 0.29) is 27.8 Å². The average molecular weight is 412 g/mol. The number of aromatic amines is 1. The molecule has 2 heterocycles. The molecule has 0 radical (unpaired) electrons. The van der Waals surface area contributed by atoms with Crippen molar-refractivity contribution in [3.8, 4) is 5.75 Å². The molecular weight excluding hydrogens is 386 g/mol. The fourth-order valence-corrected chi connectivity index (χ4v) is 4.91. The van der Waals surface area contributed by atoms with Crippen LogP contribution in [0.4, 0.5) is 5.82 Å². The maximum Gasteiger partial charge on any atom is 0.257 e. The SMILES string of the molecule is CC(C)Sc1nc2c(c(=O)[nH]1)C(c1ccc(O)cc1)C1=C(CC(C)(C)CC1=O)N2. The Labute approximate surface area is 173 Å². The minimum Gasteiger partial charge on any atom is -0.508 e. The Morgan fingerprint density at radius 3 is 2.52 bits per heavy atom. The van der Waals surface area contributed by atoms with Crippen LogP contribution in [0.3, 0.4) is 0 Å². The molecule has 4 rings (SSSR count). The highest BCUT2D eigenvalue weighted by atomic mass is 32.2. The molecule has 152 valence electrons.